The molecule has 0 unspecified atom stereocenters. The van der Waals surface area contributed by atoms with Crippen LogP contribution in [0.25, 0.3) is 10.7 Å². The number of thiophene rings is 1. The first-order valence-electron chi connectivity index (χ1n) is 4.57. The third kappa shape index (κ3) is 2.62. The molecule has 0 atom stereocenters. The van der Waals surface area contributed by atoms with Crippen molar-refractivity contribution < 1.29 is 0 Å². The molecule has 0 saturated heterocycles. The van der Waals surface area contributed by atoms with Gasteiger partial charge in [0, 0.05) is 18.3 Å². The fourth-order valence-electron chi connectivity index (χ4n) is 1.24. The lowest BCUT2D eigenvalue weighted by Gasteiger charge is -1.99. The summed E-state index contributed by atoms with van der Waals surface area (Å²) in [5, 5.41) is 0. The molecule has 5 heteroatoms. The Labute approximate surface area is 101 Å². The van der Waals surface area contributed by atoms with E-state index in [1.54, 1.807) is 17.5 Å². The predicted molar refractivity (Wildman–Crippen MR) is 65.8 cm³/mol. The molecular weight excluding hydrogens is 274 g/mol. The molecule has 0 spiro atoms. The highest BCUT2D eigenvalue weighted by atomic mass is 79.9. The highest BCUT2D eigenvalue weighted by Gasteiger charge is 2.04. The maximum absolute atomic E-state index is 5.49. The van der Waals surface area contributed by atoms with Crippen molar-refractivity contribution in [3.05, 3.63) is 33.9 Å². The molecule has 2 heterocycles. The highest BCUT2D eigenvalue weighted by Crippen LogP contribution is 2.28. The maximum Gasteiger partial charge on any atom is 0.169 e. The molecule has 2 N–H and O–H groups in total. The summed E-state index contributed by atoms with van der Waals surface area (Å²) in [4.78, 5) is 9.76. The summed E-state index contributed by atoms with van der Waals surface area (Å²) in [6, 6.07) is 5.91. The quantitative estimate of drug-likeness (QED) is 0.942. The minimum Gasteiger partial charge on any atom is -0.330 e. The van der Waals surface area contributed by atoms with E-state index in [1.807, 2.05) is 18.2 Å². The van der Waals surface area contributed by atoms with Crippen LogP contribution in [0.5, 0.6) is 0 Å². The van der Waals surface area contributed by atoms with Crippen LogP contribution in [0.15, 0.2) is 28.2 Å². The second-order valence-electron chi connectivity index (χ2n) is 3.01. The SMILES string of the molecule is NCCc1ccnc(-c2ccc(Br)s2)n1. The molecule has 0 fully saturated rings. The fourth-order valence-corrected chi connectivity index (χ4v) is 2.56. The van der Waals surface area contributed by atoms with Crippen LogP contribution in [0.4, 0.5) is 0 Å². The van der Waals surface area contributed by atoms with Crippen LogP contribution in [0.3, 0.4) is 0 Å². The second kappa shape index (κ2) is 4.83. The van der Waals surface area contributed by atoms with Gasteiger partial charge in [-0.1, -0.05) is 0 Å². The zero-order chi connectivity index (χ0) is 10.7. The van der Waals surface area contributed by atoms with Crippen LogP contribution >= 0.6 is 27.3 Å². The molecule has 0 radical (unpaired) electrons. The summed E-state index contributed by atoms with van der Waals surface area (Å²) in [6.07, 6.45) is 2.57. The van der Waals surface area contributed by atoms with E-state index in [9.17, 15) is 0 Å². The van der Waals surface area contributed by atoms with E-state index >= 15 is 0 Å². The third-order valence-corrected chi connectivity index (χ3v) is 3.53. The lowest BCUT2D eigenvalue weighted by Crippen LogP contribution is -2.05. The zero-order valence-electron chi connectivity index (χ0n) is 7.98. The number of aromatic nitrogens is 2. The second-order valence-corrected chi connectivity index (χ2v) is 5.48. The monoisotopic (exact) mass is 283 g/mol. The minimum atomic E-state index is 0.616. The molecular formula is C10H10BrN3S. The Balaban J connectivity index is 2.32. The molecule has 2 rings (SSSR count). The number of nitrogens with zero attached hydrogens (tertiary/aromatic N) is 2. The van der Waals surface area contributed by atoms with E-state index in [-0.39, 0.29) is 0 Å². The number of hydrogen-bond donors (Lipinski definition) is 1. The van der Waals surface area contributed by atoms with Crippen molar-refractivity contribution in [3.8, 4) is 10.7 Å². The van der Waals surface area contributed by atoms with Crippen molar-refractivity contribution in [3.63, 3.8) is 0 Å². The van der Waals surface area contributed by atoms with E-state index in [0.29, 0.717) is 6.54 Å². The predicted octanol–water partition coefficient (Wildman–Crippen LogP) is 2.47. The molecule has 0 saturated carbocycles. The van der Waals surface area contributed by atoms with E-state index < -0.39 is 0 Å². The van der Waals surface area contributed by atoms with Crippen LogP contribution in [-0.2, 0) is 6.42 Å². The molecule has 0 aliphatic carbocycles. The Hall–Kier alpha value is -0.780. The largest absolute Gasteiger partial charge is 0.330 e. The van der Waals surface area contributed by atoms with Crippen LogP contribution < -0.4 is 5.73 Å². The highest BCUT2D eigenvalue weighted by molar-refractivity contribution is 9.11. The molecule has 0 amide bonds. The molecule has 78 valence electrons. The Bertz CT molecular complexity index is 455. The van der Waals surface area contributed by atoms with Gasteiger partial charge in [0.2, 0.25) is 0 Å². The maximum atomic E-state index is 5.49. The number of rotatable bonds is 3. The normalized spacial score (nSPS) is 10.5. The van der Waals surface area contributed by atoms with E-state index in [4.69, 9.17) is 5.73 Å². The van der Waals surface area contributed by atoms with Crippen LogP contribution in [0, 0.1) is 0 Å². The first kappa shape index (κ1) is 10.7. The lowest BCUT2D eigenvalue weighted by molar-refractivity contribution is 0.914. The van der Waals surface area contributed by atoms with Gasteiger partial charge < -0.3 is 5.73 Å². The minimum absolute atomic E-state index is 0.616. The van der Waals surface area contributed by atoms with Gasteiger partial charge in [-0.25, -0.2) is 9.97 Å². The van der Waals surface area contributed by atoms with Gasteiger partial charge in [0.15, 0.2) is 5.82 Å². The van der Waals surface area contributed by atoms with Gasteiger partial charge in [0.1, 0.15) is 0 Å². The van der Waals surface area contributed by atoms with Gasteiger partial charge in [-0.3, -0.25) is 0 Å². The molecule has 15 heavy (non-hydrogen) atoms. The summed E-state index contributed by atoms with van der Waals surface area (Å²) in [7, 11) is 0. The van der Waals surface area contributed by atoms with Gasteiger partial charge in [-0.2, -0.15) is 0 Å². The smallest absolute Gasteiger partial charge is 0.169 e. The van der Waals surface area contributed by atoms with Gasteiger partial charge in [0.05, 0.1) is 8.66 Å². The summed E-state index contributed by atoms with van der Waals surface area (Å²) in [6.45, 7) is 0.616. The van der Waals surface area contributed by atoms with Crippen molar-refractivity contribution in [1.82, 2.24) is 9.97 Å². The molecule has 0 aliphatic rings. The average molecular weight is 284 g/mol. The van der Waals surface area contributed by atoms with Crippen molar-refractivity contribution in [2.45, 2.75) is 6.42 Å². The van der Waals surface area contributed by atoms with Gasteiger partial charge in [-0.05, 0) is 40.7 Å². The Morgan fingerprint density at radius 3 is 2.87 bits per heavy atom. The molecule has 2 aromatic rings. The summed E-state index contributed by atoms with van der Waals surface area (Å²) in [5.41, 5.74) is 6.48. The fraction of sp³-hybridized carbons (Fsp3) is 0.200. The molecule has 3 nitrogen and oxygen atoms in total. The van der Waals surface area contributed by atoms with Crippen LogP contribution in [-0.4, -0.2) is 16.5 Å². The average Bonchev–Trinajstić information content (AvgIpc) is 2.66. The van der Waals surface area contributed by atoms with Crippen molar-refractivity contribution in [2.24, 2.45) is 5.73 Å². The summed E-state index contributed by atoms with van der Waals surface area (Å²) >= 11 is 5.05. The molecule has 0 aromatic carbocycles. The summed E-state index contributed by atoms with van der Waals surface area (Å²) in [5.74, 6) is 0.775. The van der Waals surface area contributed by atoms with Gasteiger partial charge in [0.25, 0.3) is 0 Å². The van der Waals surface area contributed by atoms with Crippen molar-refractivity contribution >= 4 is 27.3 Å². The van der Waals surface area contributed by atoms with Gasteiger partial charge in [-0.15, -0.1) is 11.3 Å². The van der Waals surface area contributed by atoms with Crippen LogP contribution in [0.1, 0.15) is 5.69 Å². The van der Waals surface area contributed by atoms with Crippen molar-refractivity contribution in [1.29, 1.82) is 0 Å². The Kier molecular flexibility index (Phi) is 3.45. The lowest BCUT2D eigenvalue weighted by atomic mass is 10.3. The third-order valence-electron chi connectivity index (χ3n) is 1.91. The first-order valence-corrected chi connectivity index (χ1v) is 6.18. The first-order chi connectivity index (χ1) is 7.29. The topological polar surface area (TPSA) is 51.8 Å². The summed E-state index contributed by atoms with van der Waals surface area (Å²) < 4.78 is 1.09. The number of nitrogens with two attached hydrogens (primary N) is 1. The van der Waals surface area contributed by atoms with E-state index in [0.717, 1.165) is 26.6 Å². The zero-order valence-corrected chi connectivity index (χ0v) is 10.4. The van der Waals surface area contributed by atoms with Crippen LogP contribution in [0.2, 0.25) is 0 Å². The molecule has 0 aliphatic heterocycles. The van der Waals surface area contributed by atoms with E-state index in [2.05, 4.69) is 25.9 Å². The Morgan fingerprint density at radius 2 is 2.20 bits per heavy atom. The number of hydrogen-bond acceptors (Lipinski definition) is 4. The number of halogens is 1. The Morgan fingerprint density at radius 1 is 1.33 bits per heavy atom. The van der Waals surface area contributed by atoms with E-state index in [1.165, 1.54) is 0 Å². The molecule has 2 aromatic heterocycles. The molecule has 0 bridgehead atoms. The van der Waals surface area contributed by atoms with Gasteiger partial charge >= 0.3 is 0 Å². The standard InChI is InChI=1S/C10H10BrN3S/c11-9-2-1-8(15-9)10-13-6-4-7(14-10)3-5-12/h1-2,4,6H,3,5,12H2. The van der Waals surface area contributed by atoms with Crippen molar-refractivity contribution in [2.75, 3.05) is 6.54 Å².